The minimum atomic E-state index is -0.0643. The van der Waals surface area contributed by atoms with Crippen LogP contribution in [0.25, 0.3) is 0 Å². The molecule has 0 saturated carbocycles. The minimum absolute atomic E-state index is 0.0643. The Hall–Kier alpha value is -0.950. The van der Waals surface area contributed by atoms with E-state index in [0.717, 1.165) is 5.75 Å². The summed E-state index contributed by atoms with van der Waals surface area (Å²) in [5.74, 6) is 1.15. The molecule has 1 rings (SSSR count). The molecule has 1 amide bonds. The van der Waals surface area contributed by atoms with Gasteiger partial charge in [-0.1, -0.05) is 11.3 Å². The van der Waals surface area contributed by atoms with Crippen molar-refractivity contribution in [2.24, 2.45) is 0 Å². The second-order valence-electron chi connectivity index (χ2n) is 3.20. The molecule has 0 aliphatic rings. The summed E-state index contributed by atoms with van der Waals surface area (Å²) in [6, 6.07) is 0. The summed E-state index contributed by atoms with van der Waals surface area (Å²) >= 11 is 2.99. The molecule has 16 heavy (non-hydrogen) atoms. The molecule has 7 heteroatoms. The first-order chi connectivity index (χ1) is 7.60. The van der Waals surface area contributed by atoms with Crippen LogP contribution in [0.4, 0.5) is 10.9 Å². The van der Waals surface area contributed by atoms with Gasteiger partial charge in [0.25, 0.3) is 5.91 Å². The van der Waals surface area contributed by atoms with E-state index in [0.29, 0.717) is 22.4 Å². The first-order valence-corrected chi connectivity index (χ1v) is 6.99. The fourth-order valence-corrected chi connectivity index (χ4v) is 2.38. The van der Waals surface area contributed by atoms with E-state index in [9.17, 15) is 4.79 Å². The fraction of sp³-hybridized carbons (Fsp3) is 0.556. The summed E-state index contributed by atoms with van der Waals surface area (Å²) < 4.78 is 0. The van der Waals surface area contributed by atoms with Crippen molar-refractivity contribution in [2.45, 2.75) is 0 Å². The maximum absolute atomic E-state index is 12.0. The highest BCUT2D eigenvalue weighted by atomic mass is 32.2. The molecular formula is C9H16N4OS2. The third-order valence-electron chi connectivity index (χ3n) is 2.04. The first-order valence-electron chi connectivity index (χ1n) is 4.78. The van der Waals surface area contributed by atoms with Gasteiger partial charge in [0.1, 0.15) is 10.7 Å². The Labute approximate surface area is 103 Å². The van der Waals surface area contributed by atoms with Crippen molar-refractivity contribution in [1.82, 2.24) is 9.88 Å². The molecule has 0 aliphatic heterocycles. The number of amides is 1. The van der Waals surface area contributed by atoms with Crippen molar-refractivity contribution in [3.8, 4) is 0 Å². The van der Waals surface area contributed by atoms with Gasteiger partial charge in [0, 0.05) is 26.4 Å². The van der Waals surface area contributed by atoms with Crippen LogP contribution in [0.3, 0.4) is 0 Å². The lowest BCUT2D eigenvalue weighted by molar-refractivity contribution is 0.0809. The lowest BCUT2D eigenvalue weighted by Gasteiger charge is -2.15. The number of nitrogens with two attached hydrogens (primary N) is 1. The van der Waals surface area contributed by atoms with Crippen molar-refractivity contribution >= 4 is 40.0 Å². The van der Waals surface area contributed by atoms with E-state index in [1.165, 1.54) is 11.3 Å². The summed E-state index contributed by atoms with van der Waals surface area (Å²) in [5, 5.41) is 3.54. The molecule has 1 aromatic rings. The van der Waals surface area contributed by atoms with Crippen LogP contribution < -0.4 is 11.1 Å². The molecule has 0 aliphatic carbocycles. The number of hydrogen-bond acceptors (Lipinski definition) is 6. The Morgan fingerprint density at radius 1 is 1.69 bits per heavy atom. The average molecular weight is 260 g/mol. The van der Waals surface area contributed by atoms with Gasteiger partial charge in [0.05, 0.1) is 0 Å². The van der Waals surface area contributed by atoms with Crippen LogP contribution in [0.1, 0.15) is 9.67 Å². The Morgan fingerprint density at radius 2 is 2.38 bits per heavy atom. The molecule has 0 fully saturated rings. The van der Waals surface area contributed by atoms with Crippen LogP contribution in [0, 0.1) is 0 Å². The predicted octanol–water partition coefficient (Wildman–Crippen LogP) is 1.20. The average Bonchev–Trinajstić information content (AvgIpc) is 2.66. The SMILES string of the molecule is CNc1nc(N)c(C(=O)N(C)CCSC)s1. The van der Waals surface area contributed by atoms with E-state index in [2.05, 4.69) is 10.3 Å². The van der Waals surface area contributed by atoms with Gasteiger partial charge < -0.3 is 16.0 Å². The lowest BCUT2D eigenvalue weighted by atomic mass is 10.4. The van der Waals surface area contributed by atoms with E-state index < -0.39 is 0 Å². The van der Waals surface area contributed by atoms with Crippen LogP contribution in [-0.2, 0) is 0 Å². The second kappa shape index (κ2) is 5.95. The summed E-state index contributed by atoms with van der Waals surface area (Å²) in [6.45, 7) is 0.715. The Kier molecular flexibility index (Phi) is 4.88. The maximum atomic E-state index is 12.0. The summed E-state index contributed by atoms with van der Waals surface area (Å²) in [5.41, 5.74) is 5.69. The molecule has 0 radical (unpaired) electrons. The lowest BCUT2D eigenvalue weighted by Crippen LogP contribution is -2.28. The number of nitrogen functional groups attached to an aromatic ring is 1. The van der Waals surface area contributed by atoms with Crippen molar-refractivity contribution in [1.29, 1.82) is 0 Å². The largest absolute Gasteiger partial charge is 0.382 e. The van der Waals surface area contributed by atoms with Gasteiger partial charge in [-0.3, -0.25) is 4.79 Å². The summed E-state index contributed by atoms with van der Waals surface area (Å²) in [6.07, 6.45) is 2.01. The molecule has 0 saturated heterocycles. The van der Waals surface area contributed by atoms with Gasteiger partial charge in [-0.05, 0) is 6.26 Å². The van der Waals surface area contributed by atoms with Gasteiger partial charge in [-0.25, -0.2) is 4.98 Å². The molecule has 1 aromatic heterocycles. The fourth-order valence-electron chi connectivity index (χ4n) is 1.10. The standard InChI is InChI=1S/C9H16N4OS2/c1-11-9-12-7(10)6(16-9)8(14)13(2)4-5-15-3/h4-5,10H2,1-3H3,(H,11,12). The molecule has 0 spiro atoms. The number of nitrogens with zero attached hydrogens (tertiary/aromatic N) is 2. The van der Waals surface area contributed by atoms with Gasteiger partial charge in [-0.2, -0.15) is 11.8 Å². The Bertz CT molecular complexity index is 366. The highest BCUT2D eigenvalue weighted by Crippen LogP contribution is 2.25. The number of aromatic nitrogens is 1. The third kappa shape index (κ3) is 3.02. The highest BCUT2D eigenvalue weighted by molar-refractivity contribution is 7.98. The van der Waals surface area contributed by atoms with Gasteiger partial charge >= 0.3 is 0 Å². The van der Waals surface area contributed by atoms with Gasteiger partial charge in [-0.15, -0.1) is 0 Å². The van der Waals surface area contributed by atoms with Crippen LogP contribution in [0.15, 0.2) is 0 Å². The smallest absolute Gasteiger partial charge is 0.267 e. The molecule has 90 valence electrons. The van der Waals surface area contributed by atoms with Crippen LogP contribution in [-0.4, -0.2) is 48.4 Å². The molecule has 0 unspecified atom stereocenters. The molecule has 3 N–H and O–H groups in total. The first kappa shape index (κ1) is 13.1. The van der Waals surface area contributed by atoms with Crippen LogP contribution >= 0.6 is 23.1 Å². The van der Waals surface area contributed by atoms with Crippen molar-refractivity contribution < 1.29 is 4.79 Å². The normalized spacial score (nSPS) is 10.2. The Balaban J connectivity index is 2.75. The second-order valence-corrected chi connectivity index (χ2v) is 5.19. The molecule has 5 nitrogen and oxygen atoms in total. The number of anilines is 2. The number of thioether (sulfide) groups is 1. The zero-order valence-electron chi connectivity index (χ0n) is 9.61. The zero-order chi connectivity index (χ0) is 12.1. The van der Waals surface area contributed by atoms with Gasteiger partial charge in [0.15, 0.2) is 5.13 Å². The molecule has 1 heterocycles. The van der Waals surface area contributed by atoms with Crippen molar-refractivity contribution in [3.63, 3.8) is 0 Å². The highest BCUT2D eigenvalue weighted by Gasteiger charge is 2.18. The summed E-state index contributed by atoms with van der Waals surface area (Å²) in [7, 11) is 3.53. The van der Waals surface area contributed by atoms with Gasteiger partial charge in [0.2, 0.25) is 0 Å². The quantitative estimate of drug-likeness (QED) is 0.832. The zero-order valence-corrected chi connectivity index (χ0v) is 11.2. The number of carbonyl (C=O) groups is 1. The molecular weight excluding hydrogens is 244 g/mol. The van der Waals surface area contributed by atoms with E-state index in [1.54, 1.807) is 30.8 Å². The van der Waals surface area contributed by atoms with Crippen molar-refractivity contribution in [2.75, 3.05) is 43.7 Å². The van der Waals surface area contributed by atoms with Crippen LogP contribution in [0.5, 0.6) is 0 Å². The van der Waals surface area contributed by atoms with E-state index in [1.807, 2.05) is 6.26 Å². The minimum Gasteiger partial charge on any atom is -0.382 e. The predicted molar refractivity (Wildman–Crippen MR) is 71.4 cm³/mol. The third-order valence-corrected chi connectivity index (χ3v) is 3.71. The monoisotopic (exact) mass is 260 g/mol. The number of nitrogens with one attached hydrogen (secondary N) is 1. The maximum Gasteiger partial charge on any atom is 0.267 e. The van der Waals surface area contributed by atoms with E-state index in [4.69, 9.17) is 5.73 Å². The topological polar surface area (TPSA) is 71.2 Å². The van der Waals surface area contributed by atoms with Crippen LogP contribution in [0.2, 0.25) is 0 Å². The number of thiazole rings is 1. The molecule has 0 aromatic carbocycles. The number of hydrogen-bond donors (Lipinski definition) is 2. The van der Waals surface area contributed by atoms with E-state index >= 15 is 0 Å². The van der Waals surface area contributed by atoms with Crippen molar-refractivity contribution in [3.05, 3.63) is 4.88 Å². The Morgan fingerprint density at radius 3 is 2.88 bits per heavy atom. The van der Waals surface area contributed by atoms with E-state index in [-0.39, 0.29) is 5.91 Å². The number of rotatable bonds is 5. The molecule has 0 atom stereocenters. The number of carbonyl (C=O) groups excluding carboxylic acids is 1. The molecule has 0 bridgehead atoms. The summed E-state index contributed by atoms with van der Waals surface area (Å²) in [4.78, 5) is 18.2.